The number of ketones is 1. The molecule has 0 bridgehead atoms. The molecular formula is C17H16O2S. The van der Waals surface area contributed by atoms with Crippen molar-refractivity contribution in [1.29, 1.82) is 0 Å². The first-order chi connectivity index (χ1) is 9.83. The van der Waals surface area contributed by atoms with Crippen LogP contribution in [-0.2, 0) is 19.3 Å². The van der Waals surface area contributed by atoms with Gasteiger partial charge in [0.1, 0.15) is 5.75 Å². The standard InChI is InChI=1S/C17H16O2S/c18-16(15-10-12-5-2-8-14(12)20-15)13-7-1-4-11-6-3-9-19-17(11)13/h1,4,7,10H,2-3,5-6,8-9H2. The number of carbonyl (C=O) groups excluding carboxylic acids is 1. The number of ether oxygens (including phenoxy) is 1. The number of carbonyl (C=O) groups is 1. The molecule has 0 saturated heterocycles. The van der Waals surface area contributed by atoms with Crippen LogP contribution >= 0.6 is 11.3 Å². The van der Waals surface area contributed by atoms with Gasteiger partial charge in [-0.2, -0.15) is 0 Å². The maximum atomic E-state index is 12.8. The molecule has 2 aromatic rings. The predicted molar refractivity (Wildman–Crippen MR) is 80.0 cm³/mol. The van der Waals surface area contributed by atoms with Gasteiger partial charge in [-0.25, -0.2) is 0 Å². The van der Waals surface area contributed by atoms with Crippen LogP contribution < -0.4 is 4.74 Å². The number of aryl methyl sites for hydroxylation is 3. The molecule has 2 nitrogen and oxygen atoms in total. The Morgan fingerprint density at radius 2 is 2.00 bits per heavy atom. The summed E-state index contributed by atoms with van der Waals surface area (Å²) in [5, 5.41) is 0. The van der Waals surface area contributed by atoms with Crippen LogP contribution in [0.4, 0.5) is 0 Å². The van der Waals surface area contributed by atoms with Gasteiger partial charge in [-0.15, -0.1) is 11.3 Å². The third-order valence-corrected chi connectivity index (χ3v) is 5.38. The third kappa shape index (κ3) is 1.88. The first-order valence-electron chi connectivity index (χ1n) is 7.24. The summed E-state index contributed by atoms with van der Waals surface area (Å²) in [6.45, 7) is 0.720. The molecule has 20 heavy (non-hydrogen) atoms. The highest BCUT2D eigenvalue weighted by Crippen LogP contribution is 2.35. The molecule has 4 rings (SSSR count). The molecule has 3 heteroatoms. The smallest absolute Gasteiger partial charge is 0.206 e. The monoisotopic (exact) mass is 284 g/mol. The molecular weight excluding hydrogens is 268 g/mol. The maximum absolute atomic E-state index is 12.8. The van der Waals surface area contributed by atoms with E-state index in [0.717, 1.165) is 48.5 Å². The van der Waals surface area contributed by atoms with Crippen LogP contribution in [0.25, 0.3) is 0 Å². The summed E-state index contributed by atoms with van der Waals surface area (Å²) in [5.41, 5.74) is 3.29. The minimum absolute atomic E-state index is 0.128. The second kappa shape index (κ2) is 4.74. The summed E-state index contributed by atoms with van der Waals surface area (Å²) in [4.78, 5) is 15.0. The van der Waals surface area contributed by atoms with E-state index in [1.54, 1.807) is 11.3 Å². The number of hydrogen-bond donors (Lipinski definition) is 0. The Kier molecular flexibility index (Phi) is 2.88. The molecule has 0 atom stereocenters. The van der Waals surface area contributed by atoms with Gasteiger partial charge in [0, 0.05) is 4.88 Å². The molecule has 1 aromatic carbocycles. The van der Waals surface area contributed by atoms with Crippen LogP contribution in [0.1, 0.15) is 44.1 Å². The van der Waals surface area contributed by atoms with Gasteiger partial charge in [-0.3, -0.25) is 4.79 Å². The van der Waals surface area contributed by atoms with Crippen LogP contribution in [0, 0.1) is 0 Å². The Morgan fingerprint density at radius 1 is 1.10 bits per heavy atom. The number of rotatable bonds is 2. The zero-order valence-electron chi connectivity index (χ0n) is 11.3. The Morgan fingerprint density at radius 3 is 2.90 bits per heavy atom. The lowest BCUT2D eigenvalue weighted by Gasteiger charge is -2.19. The van der Waals surface area contributed by atoms with E-state index in [0.29, 0.717) is 0 Å². The molecule has 2 heterocycles. The SMILES string of the molecule is O=C(c1cc2c(s1)CCC2)c1cccc2c1OCCC2. The lowest BCUT2D eigenvalue weighted by Crippen LogP contribution is -2.12. The minimum atomic E-state index is 0.128. The topological polar surface area (TPSA) is 26.3 Å². The lowest BCUT2D eigenvalue weighted by molar-refractivity contribution is 0.103. The second-order valence-electron chi connectivity index (χ2n) is 5.49. The van der Waals surface area contributed by atoms with Crippen LogP contribution in [0.2, 0.25) is 0 Å². The Bertz CT molecular complexity index is 663. The van der Waals surface area contributed by atoms with Crippen molar-refractivity contribution in [2.45, 2.75) is 32.1 Å². The van der Waals surface area contributed by atoms with E-state index in [9.17, 15) is 4.79 Å². The van der Waals surface area contributed by atoms with Crippen molar-refractivity contribution in [3.63, 3.8) is 0 Å². The molecule has 0 amide bonds. The van der Waals surface area contributed by atoms with Crippen molar-refractivity contribution in [2.75, 3.05) is 6.61 Å². The number of fused-ring (bicyclic) bond motifs is 2. The van der Waals surface area contributed by atoms with E-state index < -0.39 is 0 Å². The zero-order chi connectivity index (χ0) is 13.5. The quantitative estimate of drug-likeness (QED) is 0.784. The van der Waals surface area contributed by atoms with E-state index in [1.165, 1.54) is 22.4 Å². The van der Waals surface area contributed by atoms with Gasteiger partial charge in [0.05, 0.1) is 17.0 Å². The molecule has 0 spiro atoms. The fraction of sp³-hybridized carbons (Fsp3) is 0.353. The van der Waals surface area contributed by atoms with E-state index in [1.807, 2.05) is 12.1 Å². The number of hydrogen-bond acceptors (Lipinski definition) is 3. The first kappa shape index (κ1) is 12.2. The van der Waals surface area contributed by atoms with Gasteiger partial charge >= 0.3 is 0 Å². The maximum Gasteiger partial charge on any atom is 0.206 e. The van der Waals surface area contributed by atoms with Crippen molar-refractivity contribution in [3.8, 4) is 5.75 Å². The highest BCUT2D eigenvalue weighted by atomic mass is 32.1. The molecule has 0 radical (unpaired) electrons. The highest BCUT2D eigenvalue weighted by Gasteiger charge is 2.23. The van der Waals surface area contributed by atoms with Crippen LogP contribution in [-0.4, -0.2) is 12.4 Å². The van der Waals surface area contributed by atoms with Crippen LogP contribution in [0.5, 0.6) is 5.75 Å². The number of para-hydroxylation sites is 1. The summed E-state index contributed by atoms with van der Waals surface area (Å²) >= 11 is 1.67. The van der Waals surface area contributed by atoms with Gasteiger partial charge < -0.3 is 4.74 Å². The number of thiophene rings is 1. The van der Waals surface area contributed by atoms with Crippen LogP contribution in [0.15, 0.2) is 24.3 Å². The molecule has 0 unspecified atom stereocenters. The molecule has 0 N–H and O–H groups in total. The van der Waals surface area contributed by atoms with Crippen molar-refractivity contribution < 1.29 is 9.53 Å². The zero-order valence-corrected chi connectivity index (χ0v) is 12.1. The predicted octanol–water partition coefficient (Wildman–Crippen LogP) is 3.79. The summed E-state index contributed by atoms with van der Waals surface area (Å²) in [6.07, 6.45) is 5.55. The Labute approximate surface area is 122 Å². The van der Waals surface area contributed by atoms with Gasteiger partial charge in [-0.1, -0.05) is 12.1 Å². The molecule has 0 saturated carbocycles. The first-order valence-corrected chi connectivity index (χ1v) is 8.05. The van der Waals surface area contributed by atoms with Gasteiger partial charge in [-0.05, 0) is 55.4 Å². The highest BCUT2D eigenvalue weighted by molar-refractivity contribution is 7.14. The van der Waals surface area contributed by atoms with E-state index in [-0.39, 0.29) is 5.78 Å². The minimum Gasteiger partial charge on any atom is -0.493 e. The normalized spacial score (nSPS) is 16.4. The molecule has 102 valence electrons. The third-order valence-electron chi connectivity index (χ3n) is 4.15. The summed E-state index contributed by atoms with van der Waals surface area (Å²) in [7, 11) is 0. The summed E-state index contributed by atoms with van der Waals surface area (Å²) < 4.78 is 5.76. The van der Waals surface area contributed by atoms with E-state index >= 15 is 0 Å². The van der Waals surface area contributed by atoms with Crippen molar-refractivity contribution >= 4 is 17.1 Å². The van der Waals surface area contributed by atoms with Crippen LogP contribution in [0.3, 0.4) is 0 Å². The Balaban J connectivity index is 1.75. The fourth-order valence-electron chi connectivity index (χ4n) is 3.14. The second-order valence-corrected chi connectivity index (χ2v) is 6.62. The summed E-state index contributed by atoms with van der Waals surface area (Å²) in [5.74, 6) is 0.945. The fourth-order valence-corrected chi connectivity index (χ4v) is 4.35. The van der Waals surface area contributed by atoms with Crippen molar-refractivity contribution in [1.82, 2.24) is 0 Å². The lowest BCUT2D eigenvalue weighted by atomic mass is 9.99. The average Bonchev–Trinajstić information content (AvgIpc) is 3.07. The summed E-state index contributed by atoms with van der Waals surface area (Å²) in [6, 6.07) is 8.04. The molecule has 1 aliphatic heterocycles. The van der Waals surface area contributed by atoms with E-state index in [4.69, 9.17) is 4.74 Å². The van der Waals surface area contributed by atoms with Gasteiger partial charge in [0.25, 0.3) is 0 Å². The van der Waals surface area contributed by atoms with E-state index in [2.05, 4.69) is 12.1 Å². The van der Waals surface area contributed by atoms with Crippen molar-refractivity contribution in [3.05, 3.63) is 50.7 Å². The number of benzene rings is 1. The molecule has 1 aliphatic carbocycles. The molecule has 0 fully saturated rings. The van der Waals surface area contributed by atoms with Gasteiger partial charge in [0.15, 0.2) is 0 Å². The Hall–Kier alpha value is -1.61. The largest absolute Gasteiger partial charge is 0.493 e. The molecule has 1 aromatic heterocycles. The average molecular weight is 284 g/mol. The molecule has 2 aliphatic rings. The van der Waals surface area contributed by atoms with Gasteiger partial charge in [0.2, 0.25) is 5.78 Å². The van der Waals surface area contributed by atoms with Crippen molar-refractivity contribution in [2.24, 2.45) is 0 Å².